The fourth-order valence-electron chi connectivity index (χ4n) is 3.01. The van der Waals surface area contributed by atoms with Gasteiger partial charge in [0, 0.05) is 29.9 Å². The lowest BCUT2D eigenvalue weighted by atomic mass is 9.93. The fourth-order valence-corrected chi connectivity index (χ4v) is 3.01. The molecule has 2 atom stereocenters. The molecule has 156 valence electrons. The molecule has 0 aromatic heterocycles. The van der Waals surface area contributed by atoms with Crippen molar-refractivity contribution in [1.82, 2.24) is 5.32 Å². The van der Waals surface area contributed by atoms with Crippen LogP contribution in [0, 0.1) is 24.7 Å². The van der Waals surface area contributed by atoms with Crippen LogP contribution in [0.3, 0.4) is 0 Å². The summed E-state index contributed by atoms with van der Waals surface area (Å²) in [6, 6.07) is 11.6. The largest absolute Gasteiger partial charge is 0.484 e. The van der Waals surface area contributed by atoms with Gasteiger partial charge in [0.1, 0.15) is 11.9 Å². The van der Waals surface area contributed by atoms with Crippen LogP contribution in [0.15, 0.2) is 36.4 Å². The molecular weight excluding hydrogens is 362 g/mol. The molecule has 0 bridgehead atoms. The van der Waals surface area contributed by atoms with E-state index < -0.39 is 5.41 Å². The number of anilines is 1. The van der Waals surface area contributed by atoms with Crippen LogP contribution in [0.2, 0.25) is 0 Å². The summed E-state index contributed by atoms with van der Waals surface area (Å²) >= 11 is 0. The fraction of sp³-hybridized carbons (Fsp3) is 0.417. The minimum atomic E-state index is -0.482. The number of rotatable bonds is 7. The van der Waals surface area contributed by atoms with Crippen molar-refractivity contribution in [2.24, 2.45) is 5.41 Å². The number of carbonyl (C=O) groups is 1. The molecule has 0 saturated heterocycles. The predicted octanol–water partition coefficient (Wildman–Crippen LogP) is 5.01. The van der Waals surface area contributed by atoms with Crippen LogP contribution in [0.25, 0.3) is 0 Å². The summed E-state index contributed by atoms with van der Waals surface area (Å²) in [5.41, 5.74) is 4.52. The minimum absolute atomic E-state index is 0.0202. The SMILES string of the molecule is CNc1ccc(O[C@H](c2ccc(C)c(C)c2)C(C)NC(=O)C(C)(C)C)cc1C=N. The summed E-state index contributed by atoms with van der Waals surface area (Å²) in [6.45, 7) is 11.8. The Balaban J connectivity index is 2.40. The van der Waals surface area contributed by atoms with Crippen LogP contribution >= 0.6 is 0 Å². The van der Waals surface area contributed by atoms with Gasteiger partial charge in [0.25, 0.3) is 0 Å². The Bertz CT molecular complexity index is 884. The van der Waals surface area contributed by atoms with Crippen molar-refractivity contribution >= 4 is 17.8 Å². The molecule has 3 N–H and O–H groups in total. The maximum atomic E-state index is 12.6. The van der Waals surface area contributed by atoms with E-state index in [1.165, 1.54) is 17.3 Å². The Labute approximate surface area is 174 Å². The van der Waals surface area contributed by atoms with Crippen LogP contribution in [-0.4, -0.2) is 25.2 Å². The average molecular weight is 396 g/mol. The van der Waals surface area contributed by atoms with E-state index in [4.69, 9.17) is 10.1 Å². The van der Waals surface area contributed by atoms with Crippen LogP contribution in [0.1, 0.15) is 56.1 Å². The van der Waals surface area contributed by atoms with Gasteiger partial charge >= 0.3 is 0 Å². The molecule has 0 fully saturated rings. The van der Waals surface area contributed by atoms with E-state index >= 15 is 0 Å². The Morgan fingerprint density at radius 3 is 2.34 bits per heavy atom. The lowest BCUT2D eigenvalue weighted by Crippen LogP contribution is -2.44. The van der Waals surface area contributed by atoms with Crippen LogP contribution in [0.5, 0.6) is 5.75 Å². The van der Waals surface area contributed by atoms with Crippen molar-refractivity contribution in [3.8, 4) is 5.75 Å². The van der Waals surface area contributed by atoms with Gasteiger partial charge in [0.15, 0.2) is 0 Å². The molecule has 5 nitrogen and oxygen atoms in total. The normalized spacial score (nSPS) is 13.3. The number of ether oxygens (including phenoxy) is 1. The second kappa shape index (κ2) is 9.12. The van der Waals surface area contributed by atoms with Gasteiger partial charge in [-0.2, -0.15) is 0 Å². The number of aryl methyl sites for hydroxylation is 2. The van der Waals surface area contributed by atoms with Crippen molar-refractivity contribution in [2.45, 2.75) is 53.7 Å². The van der Waals surface area contributed by atoms with Gasteiger partial charge in [-0.3, -0.25) is 4.79 Å². The number of hydrogen-bond acceptors (Lipinski definition) is 4. The molecule has 5 heteroatoms. The molecule has 2 aromatic carbocycles. The van der Waals surface area contributed by atoms with E-state index in [2.05, 4.69) is 36.6 Å². The smallest absolute Gasteiger partial charge is 0.225 e. The molecule has 1 unspecified atom stereocenters. The molecule has 2 rings (SSSR count). The van der Waals surface area contributed by atoms with Gasteiger partial charge < -0.3 is 20.8 Å². The summed E-state index contributed by atoms with van der Waals surface area (Å²) in [6.07, 6.45) is 0.939. The van der Waals surface area contributed by atoms with Crippen molar-refractivity contribution < 1.29 is 9.53 Å². The molecule has 1 amide bonds. The van der Waals surface area contributed by atoms with Gasteiger partial charge in [0.2, 0.25) is 5.91 Å². The molecule has 0 saturated carbocycles. The molecular formula is C24H33N3O2. The number of amides is 1. The third kappa shape index (κ3) is 5.59. The maximum Gasteiger partial charge on any atom is 0.225 e. The van der Waals surface area contributed by atoms with Gasteiger partial charge in [-0.1, -0.05) is 39.0 Å². The van der Waals surface area contributed by atoms with Crippen LogP contribution < -0.4 is 15.4 Å². The Morgan fingerprint density at radius 2 is 1.79 bits per heavy atom. The highest BCUT2D eigenvalue weighted by molar-refractivity contribution is 5.86. The Kier molecular flexibility index (Phi) is 7.07. The average Bonchev–Trinajstić information content (AvgIpc) is 2.67. The van der Waals surface area contributed by atoms with Crippen molar-refractivity contribution in [3.05, 3.63) is 58.7 Å². The highest BCUT2D eigenvalue weighted by Gasteiger charge is 2.28. The number of carbonyl (C=O) groups excluding carboxylic acids is 1. The van der Waals surface area contributed by atoms with Gasteiger partial charge in [-0.15, -0.1) is 0 Å². The lowest BCUT2D eigenvalue weighted by Gasteiger charge is -2.29. The van der Waals surface area contributed by atoms with Gasteiger partial charge in [-0.05, 0) is 55.7 Å². The summed E-state index contributed by atoms with van der Waals surface area (Å²) in [5, 5.41) is 13.8. The summed E-state index contributed by atoms with van der Waals surface area (Å²) in [4.78, 5) is 12.6. The van der Waals surface area contributed by atoms with E-state index in [1.54, 1.807) is 0 Å². The monoisotopic (exact) mass is 395 g/mol. The predicted molar refractivity (Wildman–Crippen MR) is 120 cm³/mol. The lowest BCUT2D eigenvalue weighted by molar-refractivity contribution is -0.129. The standard InChI is InChI=1S/C24H33N3O2/c1-15-8-9-18(12-16(15)2)22(17(3)27-23(28)24(4,5)6)29-20-10-11-21(26-7)19(13-20)14-25/h8-14,17,22,25-26H,1-7H3,(H,27,28)/t17?,22-/m0/s1. The zero-order valence-corrected chi connectivity index (χ0v) is 18.5. The zero-order valence-electron chi connectivity index (χ0n) is 18.5. The second-order valence-electron chi connectivity index (χ2n) is 8.54. The highest BCUT2D eigenvalue weighted by Crippen LogP contribution is 2.29. The third-order valence-electron chi connectivity index (χ3n) is 5.06. The maximum absolute atomic E-state index is 12.6. The molecule has 0 radical (unpaired) electrons. The Morgan fingerprint density at radius 1 is 1.10 bits per heavy atom. The summed E-state index contributed by atoms with van der Waals surface area (Å²) < 4.78 is 6.37. The first-order chi connectivity index (χ1) is 13.6. The van der Waals surface area contributed by atoms with Crippen molar-refractivity contribution in [3.63, 3.8) is 0 Å². The van der Waals surface area contributed by atoms with Crippen molar-refractivity contribution in [2.75, 3.05) is 12.4 Å². The summed E-state index contributed by atoms with van der Waals surface area (Å²) in [7, 11) is 1.82. The number of benzene rings is 2. The summed E-state index contributed by atoms with van der Waals surface area (Å²) in [5.74, 6) is 0.635. The number of nitrogens with one attached hydrogen (secondary N) is 3. The third-order valence-corrected chi connectivity index (χ3v) is 5.06. The van der Waals surface area contributed by atoms with Gasteiger partial charge in [0.05, 0.1) is 6.04 Å². The van der Waals surface area contributed by atoms with E-state index in [9.17, 15) is 4.79 Å². The van der Waals surface area contributed by atoms with E-state index in [0.29, 0.717) is 5.75 Å². The van der Waals surface area contributed by atoms with Crippen molar-refractivity contribution in [1.29, 1.82) is 5.41 Å². The molecule has 0 spiro atoms. The number of hydrogen-bond donors (Lipinski definition) is 3. The van der Waals surface area contributed by atoms with Crippen LogP contribution in [0.4, 0.5) is 5.69 Å². The first-order valence-electron chi connectivity index (χ1n) is 9.94. The Hall–Kier alpha value is -2.82. The van der Waals surface area contributed by atoms with E-state index in [0.717, 1.165) is 16.8 Å². The first kappa shape index (κ1) is 22.5. The topological polar surface area (TPSA) is 74.2 Å². The van der Waals surface area contributed by atoms with E-state index in [1.807, 2.05) is 59.0 Å². The molecule has 0 aliphatic rings. The minimum Gasteiger partial charge on any atom is -0.484 e. The zero-order chi connectivity index (χ0) is 21.8. The molecule has 29 heavy (non-hydrogen) atoms. The van der Waals surface area contributed by atoms with Crippen LogP contribution in [-0.2, 0) is 4.79 Å². The molecule has 0 aliphatic heterocycles. The van der Waals surface area contributed by atoms with E-state index in [-0.39, 0.29) is 18.1 Å². The van der Waals surface area contributed by atoms with Gasteiger partial charge in [-0.25, -0.2) is 0 Å². The first-order valence-corrected chi connectivity index (χ1v) is 9.94. The molecule has 0 heterocycles. The second-order valence-corrected chi connectivity index (χ2v) is 8.54. The molecule has 2 aromatic rings. The quantitative estimate of drug-likeness (QED) is 0.577. The molecule has 0 aliphatic carbocycles. The highest BCUT2D eigenvalue weighted by atomic mass is 16.5.